The van der Waals surface area contributed by atoms with Crippen molar-refractivity contribution < 1.29 is 9.50 Å². The van der Waals surface area contributed by atoms with Crippen LogP contribution in [0, 0.1) is 5.82 Å². The Labute approximate surface area is 167 Å². The summed E-state index contributed by atoms with van der Waals surface area (Å²) in [5, 5.41) is 13.1. The lowest BCUT2D eigenvalue weighted by Gasteiger charge is -2.28. The Morgan fingerprint density at radius 3 is 2.34 bits per heavy atom. The molecule has 4 aromatic rings. The number of imidazole rings is 1. The van der Waals surface area contributed by atoms with Gasteiger partial charge in [0.05, 0.1) is 11.4 Å². The summed E-state index contributed by atoms with van der Waals surface area (Å²) in [5.41, 5.74) is 4.12. The van der Waals surface area contributed by atoms with Crippen LogP contribution in [0.5, 0.6) is 5.75 Å². The molecule has 7 heteroatoms. The van der Waals surface area contributed by atoms with Gasteiger partial charge in [-0.2, -0.15) is 0 Å². The molecule has 0 bridgehead atoms. The van der Waals surface area contributed by atoms with E-state index in [-0.39, 0.29) is 11.6 Å². The third-order valence-corrected chi connectivity index (χ3v) is 5.20. The molecule has 1 aliphatic heterocycles. The largest absolute Gasteiger partial charge is 0.508 e. The molecule has 1 aliphatic rings. The van der Waals surface area contributed by atoms with Crippen molar-refractivity contribution in [1.29, 1.82) is 0 Å². The van der Waals surface area contributed by atoms with Crippen LogP contribution in [0.15, 0.2) is 60.9 Å². The summed E-state index contributed by atoms with van der Waals surface area (Å²) >= 11 is 0. The predicted octanol–water partition coefficient (Wildman–Crippen LogP) is 3.32. The first-order chi connectivity index (χ1) is 14.2. The lowest BCUT2D eigenvalue weighted by molar-refractivity contribution is 0.475. The molecule has 1 saturated heterocycles. The lowest BCUT2D eigenvalue weighted by Crippen LogP contribution is -2.44. The number of fused-ring (bicyclic) bond motifs is 1. The second-order valence-corrected chi connectivity index (χ2v) is 7.04. The van der Waals surface area contributed by atoms with Crippen molar-refractivity contribution in [2.75, 3.05) is 31.1 Å². The molecule has 2 N–H and O–H groups in total. The average molecular weight is 389 g/mol. The zero-order valence-electron chi connectivity index (χ0n) is 15.7. The number of benzene rings is 2. The van der Waals surface area contributed by atoms with Crippen molar-refractivity contribution in [2.45, 2.75) is 0 Å². The molecule has 0 unspecified atom stereocenters. The van der Waals surface area contributed by atoms with Crippen LogP contribution >= 0.6 is 0 Å². The Morgan fingerprint density at radius 2 is 1.62 bits per heavy atom. The highest BCUT2D eigenvalue weighted by Crippen LogP contribution is 2.35. The van der Waals surface area contributed by atoms with Crippen LogP contribution in [-0.2, 0) is 0 Å². The third kappa shape index (κ3) is 3.19. The van der Waals surface area contributed by atoms with Gasteiger partial charge in [-0.25, -0.2) is 14.4 Å². The molecular weight excluding hydrogens is 369 g/mol. The summed E-state index contributed by atoms with van der Waals surface area (Å²) in [4.78, 5) is 11.8. The fourth-order valence-corrected chi connectivity index (χ4v) is 3.77. The van der Waals surface area contributed by atoms with E-state index in [1.165, 1.54) is 12.1 Å². The monoisotopic (exact) mass is 389 g/mol. The minimum atomic E-state index is -0.285. The molecule has 0 radical (unpaired) electrons. The summed E-state index contributed by atoms with van der Waals surface area (Å²) in [6.07, 6.45) is 3.67. The fraction of sp³-hybridized carbons (Fsp3) is 0.182. The molecule has 2 aromatic heterocycles. The Morgan fingerprint density at radius 1 is 0.931 bits per heavy atom. The van der Waals surface area contributed by atoms with Gasteiger partial charge in [-0.15, -0.1) is 0 Å². The third-order valence-electron chi connectivity index (χ3n) is 5.20. The number of piperazine rings is 1. The van der Waals surface area contributed by atoms with E-state index in [9.17, 15) is 9.50 Å². The van der Waals surface area contributed by atoms with Gasteiger partial charge in [0.25, 0.3) is 0 Å². The van der Waals surface area contributed by atoms with Gasteiger partial charge in [0.1, 0.15) is 11.6 Å². The first kappa shape index (κ1) is 17.6. The number of halogens is 1. The molecule has 29 heavy (non-hydrogen) atoms. The number of anilines is 1. The van der Waals surface area contributed by atoms with Crippen molar-refractivity contribution in [2.24, 2.45) is 0 Å². The molecule has 0 amide bonds. The zero-order valence-corrected chi connectivity index (χ0v) is 15.7. The van der Waals surface area contributed by atoms with Crippen LogP contribution in [0.3, 0.4) is 0 Å². The van der Waals surface area contributed by atoms with Gasteiger partial charge < -0.3 is 15.3 Å². The highest BCUT2D eigenvalue weighted by atomic mass is 19.1. The molecule has 0 spiro atoms. The number of aromatic hydroxyl groups is 1. The number of hydrogen-bond acceptors (Lipinski definition) is 5. The molecule has 1 fully saturated rings. The fourth-order valence-electron chi connectivity index (χ4n) is 3.77. The maximum Gasteiger partial charge on any atom is 0.181 e. The van der Waals surface area contributed by atoms with Crippen molar-refractivity contribution in [1.82, 2.24) is 19.7 Å². The standard InChI is InChI=1S/C22H20FN5O/c23-17-5-1-15(2-6-17)19-20(16-3-7-18(29)8-4-16)28-14-11-25-21(22(28)26-19)27-12-9-24-10-13-27/h1-8,11,14,24,29H,9-10,12-13H2. The van der Waals surface area contributed by atoms with Gasteiger partial charge >= 0.3 is 0 Å². The van der Waals surface area contributed by atoms with Crippen LogP contribution in [-0.4, -0.2) is 45.7 Å². The van der Waals surface area contributed by atoms with Gasteiger partial charge in [-0.05, 0) is 48.5 Å². The zero-order chi connectivity index (χ0) is 19.8. The Balaban J connectivity index is 1.76. The number of nitrogens with one attached hydrogen (secondary N) is 1. The Hall–Kier alpha value is -3.45. The summed E-state index contributed by atoms with van der Waals surface area (Å²) in [7, 11) is 0. The minimum Gasteiger partial charge on any atom is -0.508 e. The van der Waals surface area contributed by atoms with Gasteiger partial charge in [-0.3, -0.25) is 4.40 Å². The van der Waals surface area contributed by atoms with E-state index in [0.717, 1.165) is 60.2 Å². The van der Waals surface area contributed by atoms with Crippen molar-refractivity contribution in [3.8, 4) is 28.3 Å². The first-order valence-electron chi connectivity index (χ1n) is 9.59. The quantitative estimate of drug-likeness (QED) is 0.563. The molecule has 0 saturated carbocycles. The van der Waals surface area contributed by atoms with E-state index in [1.807, 2.05) is 22.7 Å². The van der Waals surface area contributed by atoms with E-state index >= 15 is 0 Å². The number of phenolic OH excluding ortho intramolecular Hbond substituents is 1. The predicted molar refractivity (Wildman–Crippen MR) is 111 cm³/mol. The van der Waals surface area contributed by atoms with Crippen LogP contribution in [0.4, 0.5) is 10.2 Å². The van der Waals surface area contributed by atoms with E-state index < -0.39 is 0 Å². The smallest absolute Gasteiger partial charge is 0.181 e. The summed E-state index contributed by atoms with van der Waals surface area (Å²) in [6.45, 7) is 3.53. The highest BCUT2D eigenvalue weighted by Gasteiger charge is 2.22. The number of hydrogen-bond donors (Lipinski definition) is 2. The second kappa shape index (κ2) is 7.18. The molecule has 2 aromatic carbocycles. The number of nitrogens with zero attached hydrogens (tertiary/aromatic N) is 4. The van der Waals surface area contributed by atoms with Gasteiger partial charge in [0, 0.05) is 49.7 Å². The first-order valence-corrected chi connectivity index (χ1v) is 9.59. The molecule has 5 rings (SSSR count). The maximum atomic E-state index is 13.5. The van der Waals surface area contributed by atoms with Gasteiger partial charge in [-0.1, -0.05) is 0 Å². The van der Waals surface area contributed by atoms with Crippen LogP contribution in [0.1, 0.15) is 0 Å². The Kier molecular flexibility index (Phi) is 4.37. The van der Waals surface area contributed by atoms with E-state index in [4.69, 9.17) is 4.98 Å². The number of phenols is 1. The molecule has 3 heterocycles. The highest BCUT2D eigenvalue weighted by molar-refractivity contribution is 5.84. The summed E-state index contributed by atoms with van der Waals surface area (Å²) in [6, 6.07) is 13.4. The topological polar surface area (TPSA) is 65.7 Å². The van der Waals surface area contributed by atoms with Gasteiger partial charge in [0.15, 0.2) is 11.5 Å². The molecular formula is C22H20FN5O. The Bertz CT molecular complexity index is 1150. The maximum absolute atomic E-state index is 13.5. The molecule has 146 valence electrons. The van der Waals surface area contributed by atoms with Crippen LogP contribution in [0.25, 0.3) is 28.2 Å². The average Bonchev–Trinajstić information content (AvgIpc) is 3.15. The number of aromatic nitrogens is 3. The van der Waals surface area contributed by atoms with E-state index in [2.05, 4.69) is 15.2 Å². The lowest BCUT2D eigenvalue weighted by atomic mass is 10.0. The normalized spacial score (nSPS) is 14.4. The minimum absolute atomic E-state index is 0.203. The SMILES string of the molecule is Oc1ccc(-c2c(-c3ccc(F)cc3)nc3c(N4CCNCC4)nccn23)cc1. The van der Waals surface area contributed by atoms with E-state index in [1.54, 1.807) is 30.5 Å². The van der Waals surface area contributed by atoms with Gasteiger partial charge in [0.2, 0.25) is 0 Å². The van der Waals surface area contributed by atoms with E-state index in [0.29, 0.717) is 0 Å². The summed E-state index contributed by atoms with van der Waals surface area (Å²) < 4.78 is 15.5. The summed E-state index contributed by atoms with van der Waals surface area (Å²) in [5.74, 6) is 0.753. The van der Waals surface area contributed by atoms with Crippen molar-refractivity contribution in [3.05, 3.63) is 66.7 Å². The van der Waals surface area contributed by atoms with Crippen LogP contribution in [0.2, 0.25) is 0 Å². The molecule has 6 nitrogen and oxygen atoms in total. The van der Waals surface area contributed by atoms with Crippen molar-refractivity contribution >= 4 is 11.5 Å². The molecule has 0 atom stereocenters. The second-order valence-electron chi connectivity index (χ2n) is 7.04. The molecule has 0 aliphatic carbocycles. The van der Waals surface area contributed by atoms with Crippen LogP contribution < -0.4 is 10.2 Å². The number of rotatable bonds is 3. The van der Waals surface area contributed by atoms with Crippen molar-refractivity contribution in [3.63, 3.8) is 0 Å².